The molecule has 2 heterocycles. The zero-order chi connectivity index (χ0) is 12.4. The van der Waals surface area contributed by atoms with Gasteiger partial charge in [0.15, 0.2) is 0 Å². The van der Waals surface area contributed by atoms with Crippen molar-refractivity contribution in [3.63, 3.8) is 0 Å². The summed E-state index contributed by atoms with van der Waals surface area (Å²) in [7, 11) is 1.98. The molecule has 5 heteroatoms. The van der Waals surface area contributed by atoms with Crippen molar-refractivity contribution in [2.45, 2.75) is 12.0 Å². The minimum atomic E-state index is 0.324. The van der Waals surface area contributed by atoms with Crippen molar-refractivity contribution in [1.82, 2.24) is 15.5 Å². The van der Waals surface area contributed by atoms with Crippen LogP contribution < -0.4 is 5.32 Å². The molecule has 2 unspecified atom stereocenters. The number of hydrogen-bond donors (Lipinski definition) is 1. The highest BCUT2D eigenvalue weighted by molar-refractivity contribution is 7.99. The third-order valence-electron chi connectivity index (χ3n) is 3.24. The number of aromatic nitrogens is 2. The van der Waals surface area contributed by atoms with Crippen molar-refractivity contribution < 1.29 is 4.52 Å². The maximum Gasteiger partial charge on any atom is 0.232 e. The maximum absolute atomic E-state index is 5.42. The Balaban J connectivity index is 1.86. The second-order valence-corrected chi connectivity index (χ2v) is 5.44. The van der Waals surface area contributed by atoms with Crippen LogP contribution in [0.5, 0.6) is 0 Å². The van der Waals surface area contributed by atoms with Gasteiger partial charge in [-0.15, -0.1) is 0 Å². The molecule has 1 N–H and O–H groups in total. The highest BCUT2D eigenvalue weighted by Gasteiger charge is 2.32. The Morgan fingerprint density at radius 1 is 1.28 bits per heavy atom. The van der Waals surface area contributed by atoms with Crippen LogP contribution in [0.25, 0.3) is 11.4 Å². The largest absolute Gasteiger partial charge is 0.339 e. The minimum Gasteiger partial charge on any atom is -0.339 e. The minimum absolute atomic E-state index is 0.324. The fourth-order valence-corrected chi connectivity index (χ4v) is 3.59. The lowest BCUT2D eigenvalue weighted by molar-refractivity contribution is 0.344. The van der Waals surface area contributed by atoms with E-state index in [0.717, 1.165) is 23.0 Å². The molecule has 4 nitrogen and oxygen atoms in total. The average Bonchev–Trinajstić information content (AvgIpc) is 3.08. The number of benzene rings is 1. The van der Waals surface area contributed by atoms with Crippen molar-refractivity contribution >= 4 is 11.8 Å². The quantitative estimate of drug-likeness (QED) is 0.917. The first-order valence-electron chi connectivity index (χ1n) is 6.02. The summed E-state index contributed by atoms with van der Waals surface area (Å²) >= 11 is 1.92. The van der Waals surface area contributed by atoms with E-state index in [9.17, 15) is 0 Å². The predicted molar refractivity (Wildman–Crippen MR) is 72.6 cm³/mol. The molecule has 94 valence electrons. The molecule has 0 bridgehead atoms. The molecule has 0 radical (unpaired) electrons. The third kappa shape index (κ3) is 2.15. The van der Waals surface area contributed by atoms with Gasteiger partial charge in [0.2, 0.25) is 11.7 Å². The third-order valence-corrected chi connectivity index (χ3v) is 4.43. The van der Waals surface area contributed by atoms with Gasteiger partial charge in [-0.2, -0.15) is 16.7 Å². The molecule has 3 rings (SSSR count). The van der Waals surface area contributed by atoms with E-state index in [1.807, 2.05) is 49.1 Å². The van der Waals surface area contributed by atoms with E-state index >= 15 is 0 Å². The summed E-state index contributed by atoms with van der Waals surface area (Å²) in [5, 5.41) is 7.39. The maximum atomic E-state index is 5.42. The van der Waals surface area contributed by atoms with Crippen LogP contribution in [0.15, 0.2) is 34.9 Å². The Bertz CT molecular complexity index is 514. The predicted octanol–water partition coefficient (Wildman–Crippen LogP) is 2.15. The highest BCUT2D eigenvalue weighted by Crippen LogP contribution is 2.32. The van der Waals surface area contributed by atoms with Gasteiger partial charge in [0.05, 0.1) is 5.92 Å². The highest BCUT2D eigenvalue weighted by atomic mass is 32.2. The van der Waals surface area contributed by atoms with Crippen LogP contribution in [-0.4, -0.2) is 34.7 Å². The van der Waals surface area contributed by atoms with E-state index in [2.05, 4.69) is 15.5 Å². The van der Waals surface area contributed by atoms with Gasteiger partial charge in [-0.3, -0.25) is 0 Å². The van der Waals surface area contributed by atoms with E-state index in [1.165, 1.54) is 0 Å². The van der Waals surface area contributed by atoms with Crippen LogP contribution in [0, 0.1) is 0 Å². The lowest BCUT2D eigenvalue weighted by Gasteiger charge is -2.13. The van der Waals surface area contributed by atoms with Crippen molar-refractivity contribution in [3.8, 4) is 11.4 Å². The molecule has 1 aliphatic rings. The Labute approximate surface area is 110 Å². The van der Waals surface area contributed by atoms with Gasteiger partial charge in [-0.25, -0.2) is 0 Å². The van der Waals surface area contributed by atoms with Gasteiger partial charge in [0.25, 0.3) is 0 Å². The van der Waals surface area contributed by atoms with E-state index in [4.69, 9.17) is 4.52 Å². The molecule has 2 aromatic rings. The van der Waals surface area contributed by atoms with Crippen LogP contribution in [0.3, 0.4) is 0 Å². The van der Waals surface area contributed by atoms with Gasteiger partial charge in [0.1, 0.15) is 0 Å². The molecule has 1 saturated heterocycles. The van der Waals surface area contributed by atoms with E-state index in [0.29, 0.717) is 17.8 Å². The van der Waals surface area contributed by atoms with Gasteiger partial charge < -0.3 is 9.84 Å². The van der Waals surface area contributed by atoms with E-state index in [1.54, 1.807) is 0 Å². The Kier molecular flexibility index (Phi) is 3.34. The number of likely N-dealkylation sites (N-methyl/N-ethyl adjacent to an activating group) is 1. The first-order chi connectivity index (χ1) is 8.88. The summed E-state index contributed by atoms with van der Waals surface area (Å²) in [5.74, 6) is 3.90. The molecule has 0 saturated carbocycles. The lowest BCUT2D eigenvalue weighted by atomic mass is 10.0. The number of thioether (sulfide) groups is 1. The fraction of sp³-hybridized carbons (Fsp3) is 0.385. The second-order valence-electron chi connectivity index (χ2n) is 4.36. The molecule has 1 aromatic carbocycles. The molecule has 1 aliphatic heterocycles. The van der Waals surface area contributed by atoms with Crippen LogP contribution in [0.2, 0.25) is 0 Å². The molecule has 18 heavy (non-hydrogen) atoms. The topological polar surface area (TPSA) is 51.0 Å². The molecule has 0 spiro atoms. The lowest BCUT2D eigenvalue weighted by Crippen LogP contribution is -2.31. The summed E-state index contributed by atoms with van der Waals surface area (Å²) in [6.45, 7) is 0. The van der Waals surface area contributed by atoms with Crippen LogP contribution in [-0.2, 0) is 0 Å². The molecule has 0 amide bonds. The molecule has 0 aliphatic carbocycles. The molecule has 2 atom stereocenters. The number of hydrogen-bond acceptors (Lipinski definition) is 5. The molecule has 1 fully saturated rings. The summed E-state index contributed by atoms with van der Waals surface area (Å²) < 4.78 is 5.42. The average molecular weight is 261 g/mol. The molecule has 1 aromatic heterocycles. The zero-order valence-corrected chi connectivity index (χ0v) is 11.0. The van der Waals surface area contributed by atoms with Crippen molar-refractivity contribution in [2.24, 2.45) is 0 Å². The van der Waals surface area contributed by atoms with Crippen LogP contribution in [0.4, 0.5) is 0 Å². The summed E-state index contributed by atoms with van der Waals surface area (Å²) in [4.78, 5) is 4.53. The van der Waals surface area contributed by atoms with Gasteiger partial charge in [0, 0.05) is 23.1 Å². The first kappa shape index (κ1) is 11.7. The second kappa shape index (κ2) is 5.12. The van der Waals surface area contributed by atoms with Gasteiger partial charge in [-0.05, 0) is 7.05 Å². The number of nitrogens with zero attached hydrogens (tertiary/aromatic N) is 2. The fourth-order valence-electron chi connectivity index (χ4n) is 2.17. The zero-order valence-electron chi connectivity index (χ0n) is 10.2. The SMILES string of the molecule is CNC1CSCC1c1nc(-c2ccccc2)no1. The summed E-state index contributed by atoms with van der Waals surface area (Å²) in [6, 6.07) is 10.4. The van der Waals surface area contributed by atoms with Crippen molar-refractivity contribution in [1.29, 1.82) is 0 Å². The van der Waals surface area contributed by atoms with Crippen LogP contribution in [0.1, 0.15) is 11.8 Å². The van der Waals surface area contributed by atoms with Gasteiger partial charge >= 0.3 is 0 Å². The molecular weight excluding hydrogens is 246 g/mol. The summed E-state index contributed by atoms with van der Waals surface area (Å²) in [6.07, 6.45) is 0. The Morgan fingerprint density at radius 2 is 2.11 bits per heavy atom. The normalized spacial score (nSPS) is 23.4. The molecular formula is C13H15N3OS. The van der Waals surface area contributed by atoms with Gasteiger partial charge in [-0.1, -0.05) is 35.5 Å². The smallest absolute Gasteiger partial charge is 0.232 e. The standard InChI is InChI=1S/C13H15N3OS/c1-14-11-8-18-7-10(11)13-15-12(16-17-13)9-5-3-2-4-6-9/h2-6,10-11,14H,7-8H2,1H3. The van der Waals surface area contributed by atoms with E-state index < -0.39 is 0 Å². The summed E-state index contributed by atoms with van der Waals surface area (Å²) in [5.41, 5.74) is 0.999. The van der Waals surface area contributed by atoms with Crippen molar-refractivity contribution in [2.75, 3.05) is 18.6 Å². The number of rotatable bonds is 3. The first-order valence-corrected chi connectivity index (χ1v) is 7.18. The monoisotopic (exact) mass is 261 g/mol. The Hall–Kier alpha value is -1.33. The number of nitrogens with one attached hydrogen (secondary N) is 1. The van der Waals surface area contributed by atoms with Crippen LogP contribution >= 0.6 is 11.8 Å². The van der Waals surface area contributed by atoms with Crippen molar-refractivity contribution in [3.05, 3.63) is 36.2 Å². The van der Waals surface area contributed by atoms with E-state index in [-0.39, 0.29) is 0 Å². The Morgan fingerprint density at radius 3 is 2.89 bits per heavy atom.